The molecule has 18 heavy (non-hydrogen) atoms. The predicted octanol–water partition coefficient (Wildman–Crippen LogP) is 0.705. The summed E-state index contributed by atoms with van der Waals surface area (Å²) in [6.45, 7) is 0. The van der Waals surface area contributed by atoms with Crippen LogP contribution in [0.5, 0.6) is 0 Å². The Morgan fingerprint density at radius 2 is 1.78 bits per heavy atom. The zero-order valence-corrected chi connectivity index (χ0v) is 9.56. The molecule has 0 aliphatic heterocycles. The van der Waals surface area contributed by atoms with Gasteiger partial charge in [-0.3, -0.25) is 0 Å². The highest BCUT2D eigenvalue weighted by Crippen LogP contribution is 2.17. The topological polar surface area (TPSA) is 58.3 Å². The van der Waals surface area contributed by atoms with Crippen LogP contribution in [-0.2, 0) is 0 Å². The van der Waals surface area contributed by atoms with Gasteiger partial charge < -0.3 is 14.6 Å². The van der Waals surface area contributed by atoms with Crippen LogP contribution in [0.4, 0.5) is 0 Å². The molecular formula is C13H11BN2O2. The van der Waals surface area contributed by atoms with E-state index in [0.29, 0.717) is 5.46 Å². The van der Waals surface area contributed by atoms with Crippen LogP contribution < -0.4 is 5.46 Å². The zero-order valence-electron chi connectivity index (χ0n) is 9.56. The Morgan fingerprint density at radius 1 is 1.00 bits per heavy atom. The van der Waals surface area contributed by atoms with Gasteiger partial charge in [0.25, 0.3) is 0 Å². The summed E-state index contributed by atoms with van der Waals surface area (Å²) < 4.78 is 1.85. The summed E-state index contributed by atoms with van der Waals surface area (Å²) in [6.07, 6.45) is 3.41. The number of para-hydroxylation sites is 1. The van der Waals surface area contributed by atoms with Crippen molar-refractivity contribution in [2.45, 2.75) is 0 Å². The van der Waals surface area contributed by atoms with Crippen molar-refractivity contribution in [3.8, 4) is 5.82 Å². The number of aromatic nitrogens is 2. The van der Waals surface area contributed by atoms with Crippen LogP contribution in [0.2, 0.25) is 0 Å². The number of nitrogens with zero attached hydrogens (tertiary/aromatic N) is 2. The number of fused-ring (bicyclic) bond motifs is 1. The SMILES string of the molecule is OB(O)c1cn(-c2ccccn2)c2ccccc12. The molecule has 0 fully saturated rings. The molecule has 0 radical (unpaired) electrons. The molecule has 0 unspecified atom stereocenters. The molecule has 5 heteroatoms. The first-order valence-corrected chi connectivity index (χ1v) is 5.65. The van der Waals surface area contributed by atoms with Crippen LogP contribution >= 0.6 is 0 Å². The van der Waals surface area contributed by atoms with Gasteiger partial charge in [-0.15, -0.1) is 0 Å². The summed E-state index contributed by atoms with van der Waals surface area (Å²) in [5.41, 5.74) is 1.38. The van der Waals surface area contributed by atoms with E-state index in [0.717, 1.165) is 16.7 Å². The van der Waals surface area contributed by atoms with Crippen LogP contribution in [0.3, 0.4) is 0 Å². The predicted molar refractivity (Wildman–Crippen MR) is 70.9 cm³/mol. The number of hydrogen-bond acceptors (Lipinski definition) is 3. The molecule has 0 amide bonds. The van der Waals surface area contributed by atoms with Crippen LogP contribution in [0.25, 0.3) is 16.7 Å². The van der Waals surface area contributed by atoms with E-state index >= 15 is 0 Å². The smallest absolute Gasteiger partial charge is 0.423 e. The second-order valence-corrected chi connectivity index (χ2v) is 4.03. The van der Waals surface area contributed by atoms with E-state index in [1.807, 2.05) is 47.0 Å². The van der Waals surface area contributed by atoms with Crippen molar-refractivity contribution < 1.29 is 10.0 Å². The second-order valence-electron chi connectivity index (χ2n) is 4.03. The molecule has 0 bridgehead atoms. The molecule has 2 heterocycles. The van der Waals surface area contributed by atoms with E-state index in [2.05, 4.69) is 4.98 Å². The molecule has 0 saturated carbocycles. The van der Waals surface area contributed by atoms with Crippen molar-refractivity contribution in [1.29, 1.82) is 0 Å². The molecule has 4 nitrogen and oxygen atoms in total. The maximum Gasteiger partial charge on any atom is 0.490 e. The molecule has 2 aromatic heterocycles. The fourth-order valence-electron chi connectivity index (χ4n) is 2.10. The largest absolute Gasteiger partial charge is 0.490 e. The van der Waals surface area contributed by atoms with E-state index in [1.54, 1.807) is 12.4 Å². The lowest BCUT2D eigenvalue weighted by atomic mass is 9.80. The number of rotatable bonds is 2. The Hall–Kier alpha value is -2.11. The minimum Gasteiger partial charge on any atom is -0.423 e. The molecular weight excluding hydrogens is 227 g/mol. The van der Waals surface area contributed by atoms with Crippen molar-refractivity contribution >= 4 is 23.5 Å². The Bertz CT molecular complexity index is 680. The first kappa shape index (κ1) is 11.0. The number of benzene rings is 1. The van der Waals surface area contributed by atoms with E-state index in [1.165, 1.54) is 0 Å². The van der Waals surface area contributed by atoms with Crippen molar-refractivity contribution in [3.63, 3.8) is 0 Å². The summed E-state index contributed by atoms with van der Waals surface area (Å²) in [6, 6.07) is 13.2. The van der Waals surface area contributed by atoms with E-state index in [-0.39, 0.29) is 0 Å². The lowest BCUT2D eigenvalue weighted by Crippen LogP contribution is -2.29. The first-order valence-electron chi connectivity index (χ1n) is 5.65. The fraction of sp³-hybridized carbons (Fsp3) is 0. The van der Waals surface area contributed by atoms with Crippen LogP contribution in [0.15, 0.2) is 54.9 Å². The summed E-state index contributed by atoms with van der Waals surface area (Å²) in [4.78, 5) is 4.27. The lowest BCUT2D eigenvalue weighted by molar-refractivity contribution is 0.426. The molecule has 3 aromatic rings. The van der Waals surface area contributed by atoms with Crippen molar-refractivity contribution in [2.24, 2.45) is 0 Å². The third kappa shape index (κ3) is 1.70. The number of hydrogen-bond donors (Lipinski definition) is 2. The fourth-order valence-corrected chi connectivity index (χ4v) is 2.10. The minimum atomic E-state index is -1.49. The van der Waals surface area contributed by atoms with Gasteiger partial charge in [-0.2, -0.15) is 0 Å². The van der Waals surface area contributed by atoms with Gasteiger partial charge in [0.2, 0.25) is 0 Å². The van der Waals surface area contributed by atoms with Crippen LogP contribution in [0, 0.1) is 0 Å². The summed E-state index contributed by atoms with van der Waals surface area (Å²) in [7, 11) is -1.49. The monoisotopic (exact) mass is 238 g/mol. The first-order chi connectivity index (χ1) is 8.77. The van der Waals surface area contributed by atoms with Gasteiger partial charge in [0, 0.05) is 17.9 Å². The highest BCUT2D eigenvalue weighted by molar-refractivity contribution is 6.62. The van der Waals surface area contributed by atoms with E-state index in [4.69, 9.17) is 0 Å². The average molecular weight is 238 g/mol. The molecule has 2 N–H and O–H groups in total. The maximum atomic E-state index is 9.40. The number of pyridine rings is 1. The Morgan fingerprint density at radius 3 is 2.50 bits per heavy atom. The summed E-state index contributed by atoms with van der Waals surface area (Å²) in [5.74, 6) is 0.751. The molecule has 0 aliphatic carbocycles. The second kappa shape index (κ2) is 4.29. The zero-order chi connectivity index (χ0) is 12.5. The molecule has 0 atom stereocenters. The lowest BCUT2D eigenvalue weighted by Gasteiger charge is -2.02. The summed E-state index contributed by atoms with van der Waals surface area (Å²) >= 11 is 0. The van der Waals surface area contributed by atoms with E-state index in [9.17, 15) is 10.0 Å². The van der Waals surface area contributed by atoms with Crippen LogP contribution in [-0.4, -0.2) is 26.7 Å². The summed E-state index contributed by atoms with van der Waals surface area (Å²) in [5, 5.41) is 19.6. The highest BCUT2D eigenvalue weighted by Gasteiger charge is 2.19. The Labute approximate surface area is 104 Å². The van der Waals surface area contributed by atoms with Gasteiger partial charge in [-0.25, -0.2) is 4.98 Å². The Balaban J connectivity index is 2.31. The van der Waals surface area contributed by atoms with Gasteiger partial charge in [0.15, 0.2) is 0 Å². The maximum absolute atomic E-state index is 9.40. The van der Waals surface area contributed by atoms with Gasteiger partial charge in [0.05, 0.1) is 5.52 Å². The molecule has 3 rings (SSSR count). The van der Waals surface area contributed by atoms with Gasteiger partial charge in [-0.1, -0.05) is 24.3 Å². The van der Waals surface area contributed by atoms with Gasteiger partial charge >= 0.3 is 7.12 Å². The normalized spacial score (nSPS) is 10.8. The van der Waals surface area contributed by atoms with E-state index < -0.39 is 7.12 Å². The van der Waals surface area contributed by atoms with Crippen LogP contribution in [0.1, 0.15) is 0 Å². The highest BCUT2D eigenvalue weighted by atomic mass is 16.4. The molecule has 0 saturated heterocycles. The third-order valence-corrected chi connectivity index (χ3v) is 2.92. The molecule has 0 aliphatic rings. The van der Waals surface area contributed by atoms with Crippen molar-refractivity contribution in [2.75, 3.05) is 0 Å². The van der Waals surface area contributed by atoms with Crippen molar-refractivity contribution in [3.05, 3.63) is 54.9 Å². The van der Waals surface area contributed by atoms with Gasteiger partial charge in [0.1, 0.15) is 5.82 Å². The minimum absolute atomic E-state index is 0.483. The quantitative estimate of drug-likeness (QED) is 0.646. The molecule has 1 aromatic carbocycles. The average Bonchev–Trinajstić information content (AvgIpc) is 2.79. The van der Waals surface area contributed by atoms with Crippen molar-refractivity contribution in [1.82, 2.24) is 9.55 Å². The van der Waals surface area contributed by atoms with Gasteiger partial charge in [-0.05, 0) is 23.6 Å². The third-order valence-electron chi connectivity index (χ3n) is 2.92. The molecule has 88 valence electrons. The molecule has 0 spiro atoms. The Kier molecular flexibility index (Phi) is 2.62. The standard InChI is InChI=1S/C13H11BN2O2/c17-14(18)11-9-16(13-7-3-4-8-15-13)12-6-2-1-5-10(11)12/h1-9,17-18H.